The minimum absolute atomic E-state index is 0.0156. The molecule has 1 aliphatic rings. The molecule has 1 atom stereocenters. The van der Waals surface area contributed by atoms with E-state index in [4.69, 9.17) is 21.1 Å². The average Bonchev–Trinajstić information content (AvgIpc) is 2.75. The first-order valence-electron chi connectivity index (χ1n) is 10.2. The van der Waals surface area contributed by atoms with E-state index in [0.29, 0.717) is 42.6 Å². The van der Waals surface area contributed by atoms with Gasteiger partial charge in [0.1, 0.15) is 11.5 Å². The molecule has 3 rings (SSSR count). The molecule has 0 spiro atoms. The number of carbonyl (C=O) groups is 1. The molecule has 32 heavy (non-hydrogen) atoms. The Bertz CT molecular complexity index is 1030. The number of hydrogen-bond donors (Lipinski definition) is 0. The quantitative estimate of drug-likeness (QED) is 0.307. The average molecular weight is 483 g/mol. The molecule has 0 aromatic heterocycles. The Hall–Kier alpha value is -2.49. The normalized spacial score (nSPS) is 17.3. The molecule has 2 aromatic rings. The van der Waals surface area contributed by atoms with Gasteiger partial charge in [0, 0.05) is 37.4 Å². The van der Waals surface area contributed by atoms with Gasteiger partial charge in [-0.2, -0.15) is 4.31 Å². The molecule has 1 saturated heterocycles. The zero-order chi connectivity index (χ0) is 23.3. The molecule has 0 bridgehead atoms. The van der Waals surface area contributed by atoms with Crippen LogP contribution >= 0.6 is 11.6 Å². The highest BCUT2D eigenvalue weighted by Crippen LogP contribution is 2.32. The summed E-state index contributed by atoms with van der Waals surface area (Å²) in [5, 5.41) is 0.391. The van der Waals surface area contributed by atoms with Crippen LogP contribution in [0.15, 0.2) is 47.4 Å². The summed E-state index contributed by atoms with van der Waals surface area (Å²) in [4.78, 5) is 12.6. The lowest BCUT2D eigenvalue weighted by Crippen LogP contribution is -2.54. The van der Waals surface area contributed by atoms with E-state index in [9.17, 15) is 13.2 Å². The number of hydrogen-bond acceptors (Lipinski definition) is 7. The molecule has 1 fully saturated rings. The SMILES string of the molecule is CC(C)Oc1ccc(S(=O)(=O)N2CCN(c3ccc(Cl)c(OCOC=O)c3)CC2C)cc1. The van der Waals surface area contributed by atoms with Gasteiger partial charge in [0.15, 0.2) is 0 Å². The van der Waals surface area contributed by atoms with Crippen LogP contribution in [0.25, 0.3) is 0 Å². The van der Waals surface area contributed by atoms with Crippen LogP contribution in [-0.4, -0.2) is 57.8 Å². The van der Waals surface area contributed by atoms with E-state index >= 15 is 0 Å². The van der Waals surface area contributed by atoms with E-state index < -0.39 is 10.0 Å². The number of ether oxygens (including phenoxy) is 3. The van der Waals surface area contributed by atoms with Crippen molar-refractivity contribution in [2.75, 3.05) is 31.3 Å². The number of benzene rings is 2. The fourth-order valence-electron chi connectivity index (χ4n) is 3.55. The summed E-state index contributed by atoms with van der Waals surface area (Å²) in [6, 6.07) is 11.6. The summed E-state index contributed by atoms with van der Waals surface area (Å²) in [7, 11) is -3.64. The maximum Gasteiger partial charge on any atom is 0.295 e. The van der Waals surface area contributed by atoms with Gasteiger partial charge in [-0.05, 0) is 57.2 Å². The van der Waals surface area contributed by atoms with Gasteiger partial charge in [-0.25, -0.2) is 8.42 Å². The lowest BCUT2D eigenvalue weighted by Gasteiger charge is -2.40. The van der Waals surface area contributed by atoms with E-state index in [-0.39, 0.29) is 23.8 Å². The van der Waals surface area contributed by atoms with Gasteiger partial charge in [-0.15, -0.1) is 0 Å². The van der Waals surface area contributed by atoms with E-state index in [2.05, 4.69) is 9.64 Å². The van der Waals surface area contributed by atoms with Crippen molar-refractivity contribution in [2.45, 2.75) is 37.8 Å². The molecule has 174 valence electrons. The lowest BCUT2D eigenvalue weighted by molar-refractivity contribution is -0.134. The van der Waals surface area contributed by atoms with Crippen LogP contribution < -0.4 is 14.4 Å². The zero-order valence-electron chi connectivity index (χ0n) is 18.2. The fourth-order valence-corrected chi connectivity index (χ4v) is 5.34. The van der Waals surface area contributed by atoms with Gasteiger partial charge < -0.3 is 19.1 Å². The summed E-state index contributed by atoms with van der Waals surface area (Å²) in [6.07, 6.45) is 0.0156. The summed E-state index contributed by atoms with van der Waals surface area (Å²) < 4.78 is 43.5. The van der Waals surface area contributed by atoms with E-state index in [0.717, 1.165) is 5.69 Å². The second kappa shape index (κ2) is 10.4. The molecule has 10 heteroatoms. The molecule has 0 N–H and O–H groups in total. The monoisotopic (exact) mass is 482 g/mol. The Balaban J connectivity index is 1.71. The van der Waals surface area contributed by atoms with Crippen LogP contribution in [0.1, 0.15) is 20.8 Å². The summed E-state index contributed by atoms with van der Waals surface area (Å²) >= 11 is 6.15. The molecular weight excluding hydrogens is 456 g/mol. The van der Waals surface area contributed by atoms with E-state index in [1.807, 2.05) is 26.8 Å². The van der Waals surface area contributed by atoms with Crippen molar-refractivity contribution in [3.8, 4) is 11.5 Å². The number of piperazine rings is 1. The number of carbonyl (C=O) groups excluding carboxylic acids is 1. The molecule has 2 aromatic carbocycles. The Labute approximate surface area is 193 Å². The number of halogens is 1. The third-order valence-electron chi connectivity index (χ3n) is 5.00. The Morgan fingerprint density at radius 1 is 1.16 bits per heavy atom. The first-order chi connectivity index (χ1) is 15.2. The number of anilines is 1. The maximum atomic E-state index is 13.2. The second-order valence-corrected chi connectivity index (χ2v) is 9.99. The molecular formula is C22H27ClN2O6S. The van der Waals surface area contributed by atoms with Crippen LogP contribution in [0.4, 0.5) is 5.69 Å². The van der Waals surface area contributed by atoms with Crippen molar-refractivity contribution < 1.29 is 27.4 Å². The molecule has 8 nitrogen and oxygen atoms in total. The van der Waals surface area contributed by atoms with Crippen LogP contribution in [0.5, 0.6) is 11.5 Å². The highest BCUT2D eigenvalue weighted by Gasteiger charge is 2.34. The smallest absolute Gasteiger partial charge is 0.295 e. The van der Waals surface area contributed by atoms with Gasteiger partial charge in [0.05, 0.1) is 16.0 Å². The van der Waals surface area contributed by atoms with Crippen molar-refractivity contribution >= 4 is 33.8 Å². The van der Waals surface area contributed by atoms with E-state index in [1.165, 1.54) is 4.31 Å². The minimum Gasteiger partial charge on any atom is -0.491 e. The predicted molar refractivity (Wildman–Crippen MR) is 122 cm³/mol. The van der Waals surface area contributed by atoms with Crippen molar-refractivity contribution in [3.63, 3.8) is 0 Å². The fraction of sp³-hybridized carbons (Fsp3) is 0.409. The molecule has 0 amide bonds. The highest BCUT2D eigenvalue weighted by atomic mass is 35.5. The summed E-state index contributed by atoms with van der Waals surface area (Å²) in [5.74, 6) is 1.02. The van der Waals surface area contributed by atoms with Gasteiger partial charge in [-0.3, -0.25) is 4.79 Å². The largest absolute Gasteiger partial charge is 0.491 e. The van der Waals surface area contributed by atoms with Crippen molar-refractivity contribution in [2.24, 2.45) is 0 Å². The minimum atomic E-state index is -3.64. The summed E-state index contributed by atoms with van der Waals surface area (Å²) in [6.45, 7) is 7.11. The topological polar surface area (TPSA) is 85.4 Å². The number of sulfonamides is 1. The van der Waals surface area contributed by atoms with Crippen molar-refractivity contribution in [3.05, 3.63) is 47.5 Å². The van der Waals surface area contributed by atoms with Gasteiger partial charge in [0.25, 0.3) is 6.47 Å². The summed E-state index contributed by atoms with van der Waals surface area (Å²) in [5.41, 5.74) is 0.842. The second-order valence-electron chi connectivity index (χ2n) is 7.69. The number of rotatable bonds is 9. The first kappa shape index (κ1) is 24.2. The van der Waals surface area contributed by atoms with Gasteiger partial charge in [-0.1, -0.05) is 11.6 Å². The Morgan fingerprint density at radius 2 is 1.88 bits per heavy atom. The number of nitrogens with zero attached hydrogens (tertiary/aromatic N) is 2. The van der Waals surface area contributed by atoms with Gasteiger partial charge >= 0.3 is 0 Å². The van der Waals surface area contributed by atoms with E-state index in [1.54, 1.807) is 36.4 Å². The molecule has 1 aliphatic heterocycles. The van der Waals surface area contributed by atoms with Gasteiger partial charge in [0.2, 0.25) is 16.8 Å². The molecule has 1 unspecified atom stereocenters. The lowest BCUT2D eigenvalue weighted by atomic mass is 10.2. The third-order valence-corrected chi connectivity index (χ3v) is 7.34. The maximum absolute atomic E-state index is 13.2. The molecule has 0 aliphatic carbocycles. The van der Waals surface area contributed by atoms with Crippen LogP contribution in [-0.2, 0) is 19.6 Å². The predicted octanol–water partition coefficient (Wildman–Crippen LogP) is 3.54. The van der Waals surface area contributed by atoms with Crippen LogP contribution in [0.2, 0.25) is 5.02 Å². The molecule has 0 radical (unpaired) electrons. The first-order valence-corrected chi connectivity index (χ1v) is 12.0. The zero-order valence-corrected chi connectivity index (χ0v) is 19.8. The Morgan fingerprint density at radius 3 is 2.50 bits per heavy atom. The Kier molecular flexibility index (Phi) is 7.86. The van der Waals surface area contributed by atoms with Crippen LogP contribution in [0, 0.1) is 0 Å². The molecule has 0 saturated carbocycles. The standard InChI is InChI=1S/C22H27ClN2O6S/c1-16(2)31-19-5-7-20(8-6-19)32(27,28)25-11-10-24(13-17(25)3)18-4-9-21(23)22(12-18)30-15-29-14-26/h4-9,12,14,16-17H,10-11,13,15H2,1-3H3. The van der Waals surface area contributed by atoms with Crippen LogP contribution in [0.3, 0.4) is 0 Å². The van der Waals surface area contributed by atoms with Crippen molar-refractivity contribution in [1.82, 2.24) is 4.31 Å². The third kappa shape index (κ3) is 5.65. The van der Waals surface area contributed by atoms with Crippen molar-refractivity contribution in [1.29, 1.82) is 0 Å². The highest BCUT2D eigenvalue weighted by molar-refractivity contribution is 7.89. The molecule has 1 heterocycles.